The van der Waals surface area contributed by atoms with E-state index in [0.717, 1.165) is 0 Å². The molecule has 0 radical (unpaired) electrons. The summed E-state index contributed by atoms with van der Waals surface area (Å²) in [6.07, 6.45) is -0.654. The van der Waals surface area contributed by atoms with Gasteiger partial charge in [-0.3, -0.25) is 0 Å². The molecule has 24 heavy (non-hydrogen) atoms. The van der Waals surface area contributed by atoms with Crippen molar-refractivity contribution in [3.8, 4) is 23.0 Å². The van der Waals surface area contributed by atoms with Crippen LogP contribution < -0.4 is 18.9 Å². The van der Waals surface area contributed by atoms with Gasteiger partial charge in [-0.05, 0) is 36.8 Å². The maximum absolute atomic E-state index is 13.1. The fraction of sp³-hybridized carbons (Fsp3) is 0.333. The lowest BCUT2D eigenvalue weighted by molar-refractivity contribution is 0.194. The van der Waals surface area contributed by atoms with Crippen molar-refractivity contribution < 1.29 is 28.4 Å². The Morgan fingerprint density at radius 1 is 1.00 bits per heavy atom. The molecule has 130 valence electrons. The fourth-order valence-electron chi connectivity index (χ4n) is 2.14. The van der Waals surface area contributed by atoms with Crippen molar-refractivity contribution in [1.82, 2.24) is 0 Å². The summed E-state index contributed by atoms with van der Waals surface area (Å²) in [5, 5.41) is 9.71. The van der Waals surface area contributed by atoms with E-state index in [-0.39, 0.29) is 19.0 Å². The van der Waals surface area contributed by atoms with E-state index in [0.29, 0.717) is 28.6 Å². The molecule has 0 aromatic heterocycles. The number of halogens is 1. The lowest BCUT2D eigenvalue weighted by atomic mass is 10.1. The molecule has 0 saturated heterocycles. The highest BCUT2D eigenvalue weighted by molar-refractivity contribution is 5.54. The van der Waals surface area contributed by atoms with Crippen LogP contribution in [0.2, 0.25) is 0 Å². The molecule has 0 spiro atoms. The van der Waals surface area contributed by atoms with Gasteiger partial charge in [-0.1, -0.05) is 6.07 Å². The van der Waals surface area contributed by atoms with Crippen LogP contribution in [0.25, 0.3) is 0 Å². The predicted molar refractivity (Wildman–Crippen MR) is 87.6 cm³/mol. The number of aliphatic hydroxyl groups is 1. The summed E-state index contributed by atoms with van der Waals surface area (Å²) in [4.78, 5) is 0. The summed E-state index contributed by atoms with van der Waals surface area (Å²) in [7, 11) is 3.02. The van der Waals surface area contributed by atoms with Crippen molar-refractivity contribution in [2.45, 2.75) is 13.0 Å². The van der Waals surface area contributed by atoms with Gasteiger partial charge in [-0.25, -0.2) is 4.39 Å². The number of rotatable bonds is 8. The SMILES string of the molecule is COc1cc([C@@H](C)O)cc(OC)c1OCCOc1cccc(F)c1. The van der Waals surface area contributed by atoms with Crippen LogP contribution in [0.3, 0.4) is 0 Å². The van der Waals surface area contributed by atoms with Crippen molar-refractivity contribution in [3.63, 3.8) is 0 Å². The lowest BCUT2D eigenvalue weighted by Crippen LogP contribution is -2.10. The lowest BCUT2D eigenvalue weighted by Gasteiger charge is -2.17. The summed E-state index contributed by atoms with van der Waals surface area (Å²) in [6.45, 7) is 2.10. The molecule has 2 rings (SSSR count). The topological polar surface area (TPSA) is 57.2 Å². The quantitative estimate of drug-likeness (QED) is 0.749. The van der Waals surface area contributed by atoms with Gasteiger partial charge in [0.2, 0.25) is 5.75 Å². The second-order valence-corrected chi connectivity index (χ2v) is 5.08. The second kappa shape index (κ2) is 8.40. The minimum absolute atomic E-state index is 0.220. The highest BCUT2D eigenvalue weighted by Crippen LogP contribution is 2.39. The van der Waals surface area contributed by atoms with Crippen molar-refractivity contribution in [3.05, 3.63) is 47.8 Å². The molecule has 0 fully saturated rings. The fourth-order valence-corrected chi connectivity index (χ4v) is 2.14. The van der Waals surface area contributed by atoms with Crippen LogP contribution in [-0.4, -0.2) is 32.5 Å². The van der Waals surface area contributed by atoms with E-state index < -0.39 is 6.10 Å². The standard InChI is InChI=1S/C18H21FO5/c1-12(20)13-9-16(21-2)18(17(10-13)22-3)24-8-7-23-15-6-4-5-14(19)11-15/h4-6,9-12,20H,7-8H2,1-3H3/t12-/m1/s1. The molecule has 0 heterocycles. The van der Waals surface area contributed by atoms with Crippen LogP contribution in [0.5, 0.6) is 23.0 Å². The van der Waals surface area contributed by atoms with Crippen LogP contribution in [0.15, 0.2) is 36.4 Å². The molecule has 0 bridgehead atoms. The summed E-state index contributed by atoms with van der Waals surface area (Å²) in [6, 6.07) is 9.28. The van der Waals surface area contributed by atoms with Crippen molar-refractivity contribution in [1.29, 1.82) is 0 Å². The summed E-state index contributed by atoms with van der Waals surface area (Å²) in [5.41, 5.74) is 0.659. The first-order chi connectivity index (χ1) is 11.5. The van der Waals surface area contributed by atoms with Gasteiger partial charge < -0.3 is 24.1 Å². The van der Waals surface area contributed by atoms with Gasteiger partial charge in [0.25, 0.3) is 0 Å². The minimum atomic E-state index is -0.654. The summed E-state index contributed by atoms with van der Waals surface area (Å²) in [5.74, 6) is 1.41. The summed E-state index contributed by atoms with van der Waals surface area (Å²) >= 11 is 0. The first-order valence-corrected chi connectivity index (χ1v) is 7.50. The van der Waals surface area contributed by atoms with E-state index in [1.54, 1.807) is 31.2 Å². The van der Waals surface area contributed by atoms with Gasteiger partial charge in [0.1, 0.15) is 24.8 Å². The van der Waals surface area contributed by atoms with Gasteiger partial charge in [0.05, 0.1) is 20.3 Å². The monoisotopic (exact) mass is 336 g/mol. The van der Waals surface area contributed by atoms with Gasteiger partial charge in [0, 0.05) is 6.07 Å². The maximum Gasteiger partial charge on any atom is 0.203 e. The van der Waals surface area contributed by atoms with Crippen molar-refractivity contribution >= 4 is 0 Å². The number of aliphatic hydroxyl groups excluding tert-OH is 1. The Hall–Kier alpha value is -2.47. The minimum Gasteiger partial charge on any atom is -0.493 e. The second-order valence-electron chi connectivity index (χ2n) is 5.08. The van der Waals surface area contributed by atoms with Crippen LogP contribution in [0, 0.1) is 5.82 Å². The van der Waals surface area contributed by atoms with E-state index in [9.17, 15) is 9.50 Å². The van der Waals surface area contributed by atoms with Crippen molar-refractivity contribution in [2.24, 2.45) is 0 Å². The Morgan fingerprint density at radius 3 is 2.17 bits per heavy atom. The molecule has 2 aromatic rings. The Kier molecular flexibility index (Phi) is 6.26. The largest absolute Gasteiger partial charge is 0.493 e. The molecular formula is C18H21FO5. The van der Waals surface area contributed by atoms with Crippen LogP contribution in [-0.2, 0) is 0 Å². The predicted octanol–water partition coefficient (Wildman–Crippen LogP) is 3.35. The first kappa shape index (κ1) is 17.9. The zero-order valence-corrected chi connectivity index (χ0v) is 13.9. The smallest absolute Gasteiger partial charge is 0.203 e. The van der Waals surface area contributed by atoms with E-state index >= 15 is 0 Å². The van der Waals surface area contributed by atoms with Crippen LogP contribution in [0.4, 0.5) is 4.39 Å². The van der Waals surface area contributed by atoms with E-state index in [2.05, 4.69) is 0 Å². The van der Waals surface area contributed by atoms with Gasteiger partial charge in [0.15, 0.2) is 11.5 Å². The normalized spacial score (nSPS) is 11.7. The van der Waals surface area contributed by atoms with Crippen molar-refractivity contribution in [2.75, 3.05) is 27.4 Å². The molecule has 0 saturated carbocycles. The highest BCUT2D eigenvalue weighted by atomic mass is 19.1. The molecule has 5 nitrogen and oxygen atoms in total. The highest BCUT2D eigenvalue weighted by Gasteiger charge is 2.16. The number of hydrogen-bond acceptors (Lipinski definition) is 5. The molecule has 2 aromatic carbocycles. The number of methoxy groups -OCH3 is 2. The Bertz CT molecular complexity index is 647. The average molecular weight is 336 g/mol. The molecule has 0 amide bonds. The third kappa shape index (κ3) is 4.52. The molecular weight excluding hydrogens is 315 g/mol. The van der Waals surface area contributed by atoms with Crippen LogP contribution >= 0.6 is 0 Å². The molecule has 1 atom stereocenters. The third-order valence-corrected chi connectivity index (χ3v) is 3.36. The maximum atomic E-state index is 13.1. The molecule has 1 N–H and O–H groups in total. The number of ether oxygens (including phenoxy) is 4. The molecule has 6 heteroatoms. The Morgan fingerprint density at radius 2 is 1.62 bits per heavy atom. The molecule has 0 unspecified atom stereocenters. The van der Waals surface area contributed by atoms with E-state index in [1.165, 1.54) is 26.4 Å². The molecule has 0 aliphatic heterocycles. The first-order valence-electron chi connectivity index (χ1n) is 7.50. The number of hydrogen-bond donors (Lipinski definition) is 1. The van der Waals surface area contributed by atoms with Gasteiger partial charge in [-0.15, -0.1) is 0 Å². The Labute approximate surface area is 140 Å². The van der Waals surface area contributed by atoms with Gasteiger partial charge in [-0.2, -0.15) is 0 Å². The van der Waals surface area contributed by atoms with Gasteiger partial charge >= 0.3 is 0 Å². The summed E-state index contributed by atoms with van der Waals surface area (Å²) < 4.78 is 34.8. The Balaban J connectivity index is 2.03. The van der Waals surface area contributed by atoms with E-state index in [1.807, 2.05) is 0 Å². The van der Waals surface area contributed by atoms with E-state index in [4.69, 9.17) is 18.9 Å². The average Bonchev–Trinajstić information content (AvgIpc) is 2.58. The third-order valence-electron chi connectivity index (χ3n) is 3.36. The number of benzene rings is 2. The molecule has 0 aliphatic carbocycles. The molecule has 0 aliphatic rings. The van der Waals surface area contributed by atoms with Crippen LogP contribution in [0.1, 0.15) is 18.6 Å². The zero-order chi connectivity index (χ0) is 17.5. The zero-order valence-electron chi connectivity index (χ0n) is 13.9.